The van der Waals surface area contributed by atoms with Crippen LogP contribution in [0.2, 0.25) is 0 Å². The predicted molar refractivity (Wildman–Crippen MR) is 123 cm³/mol. The Morgan fingerprint density at radius 2 is 1.94 bits per heavy atom. The van der Waals surface area contributed by atoms with Crippen molar-refractivity contribution in [2.24, 2.45) is 5.92 Å². The molecule has 0 bridgehead atoms. The highest BCUT2D eigenvalue weighted by molar-refractivity contribution is 7.16. The lowest BCUT2D eigenvalue weighted by Crippen LogP contribution is -2.49. The Hall–Kier alpha value is -3.24. The van der Waals surface area contributed by atoms with Crippen LogP contribution in [0.4, 0.5) is 13.2 Å². The third-order valence-corrected chi connectivity index (χ3v) is 7.75. The summed E-state index contributed by atoms with van der Waals surface area (Å²) < 4.78 is 52.7. The number of fused-ring (bicyclic) bond motifs is 1. The maximum Gasteiger partial charge on any atom is 0.426 e. The molecular formula is C25H20F3N3O3S. The molecule has 1 atom stereocenters. The van der Waals surface area contributed by atoms with Crippen LogP contribution in [-0.4, -0.2) is 34.4 Å². The number of carbonyl (C=O) groups excluding carboxylic acids is 1. The Bertz CT molecular complexity index is 1370. The van der Waals surface area contributed by atoms with Crippen LogP contribution in [0.5, 0.6) is 0 Å². The lowest BCUT2D eigenvalue weighted by Gasteiger charge is -2.43. The number of thiophene rings is 1. The molecule has 4 aromatic rings. The molecule has 180 valence electrons. The van der Waals surface area contributed by atoms with Gasteiger partial charge in [0, 0.05) is 42.6 Å². The zero-order valence-corrected chi connectivity index (χ0v) is 19.2. The number of aromatic nitrogens is 2. The van der Waals surface area contributed by atoms with E-state index in [2.05, 4.69) is 15.0 Å². The number of nitrogens with zero attached hydrogens (tertiary/aromatic N) is 3. The molecule has 1 aliphatic heterocycles. The van der Waals surface area contributed by atoms with E-state index in [-0.39, 0.29) is 34.1 Å². The summed E-state index contributed by atoms with van der Waals surface area (Å²) in [7, 11) is 0. The highest BCUT2D eigenvalue weighted by atomic mass is 32.1. The van der Waals surface area contributed by atoms with Crippen LogP contribution in [0.15, 0.2) is 51.4 Å². The van der Waals surface area contributed by atoms with Crippen molar-refractivity contribution in [1.82, 2.24) is 15.0 Å². The van der Waals surface area contributed by atoms with E-state index in [1.165, 1.54) is 6.07 Å². The number of halogens is 3. The minimum Gasteiger partial charge on any atom is -0.457 e. The average molecular weight is 500 g/mol. The summed E-state index contributed by atoms with van der Waals surface area (Å²) in [6.45, 7) is 1.48. The van der Waals surface area contributed by atoms with Crippen molar-refractivity contribution in [3.05, 3.63) is 58.7 Å². The summed E-state index contributed by atoms with van der Waals surface area (Å²) in [4.78, 5) is 17.2. The molecule has 1 aliphatic carbocycles. The average Bonchev–Trinajstić information content (AvgIpc) is 3.56. The second kappa shape index (κ2) is 8.46. The van der Waals surface area contributed by atoms with Crippen LogP contribution in [-0.2, 0) is 17.4 Å². The van der Waals surface area contributed by atoms with Gasteiger partial charge in [0.05, 0.1) is 4.88 Å². The topological polar surface area (TPSA) is 72.4 Å². The van der Waals surface area contributed by atoms with Gasteiger partial charge in [0.15, 0.2) is 5.76 Å². The molecule has 6 nitrogen and oxygen atoms in total. The van der Waals surface area contributed by atoms with Crippen molar-refractivity contribution in [3.8, 4) is 33.5 Å². The van der Waals surface area contributed by atoms with Crippen LogP contribution in [0.3, 0.4) is 0 Å². The van der Waals surface area contributed by atoms with Gasteiger partial charge in [-0.1, -0.05) is 35.5 Å². The molecular weight excluding hydrogens is 479 g/mol. The van der Waals surface area contributed by atoms with E-state index in [1.54, 1.807) is 30.3 Å². The number of likely N-dealkylation sites (tertiary alicyclic amines) is 1. The Morgan fingerprint density at radius 3 is 2.69 bits per heavy atom. The third-order valence-electron chi connectivity index (χ3n) is 6.58. The van der Waals surface area contributed by atoms with Gasteiger partial charge in [0.1, 0.15) is 16.9 Å². The third kappa shape index (κ3) is 4.00. The second-order valence-corrected chi connectivity index (χ2v) is 9.94. The predicted octanol–water partition coefficient (Wildman–Crippen LogP) is 6.25. The first-order chi connectivity index (χ1) is 16.9. The number of rotatable bonds is 5. The number of furan rings is 1. The van der Waals surface area contributed by atoms with Gasteiger partial charge >= 0.3 is 6.18 Å². The minimum atomic E-state index is -4.51. The van der Waals surface area contributed by atoms with Gasteiger partial charge in [-0.25, -0.2) is 0 Å². The second-order valence-electron chi connectivity index (χ2n) is 8.89. The fraction of sp³-hybridized carbons (Fsp3) is 0.320. The summed E-state index contributed by atoms with van der Waals surface area (Å²) >= 11 is 0.580. The number of hydrogen-bond donors (Lipinski definition) is 0. The van der Waals surface area contributed by atoms with E-state index < -0.39 is 11.1 Å². The van der Waals surface area contributed by atoms with Crippen LogP contribution in [0, 0.1) is 5.92 Å². The molecule has 1 unspecified atom stereocenters. The monoisotopic (exact) mass is 499 g/mol. The maximum absolute atomic E-state index is 13.8. The molecule has 0 spiro atoms. The van der Waals surface area contributed by atoms with Gasteiger partial charge in [-0.05, 0) is 30.5 Å². The summed E-state index contributed by atoms with van der Waals surface area (Å²) in [5.74, 6) is 1.59. The molecule has 1 saturated heterocycles. The van der Waals surface area contributed by atoms with E-state index in [4.69, 9.17) is 8.94 Å². The molecule has 6 rings (SSSR count). The zero-order chi connectivity index (χ0) is 24.2. The number of benzene rings is 1. The summed E-state index contributed by atoms with van der Waals surface area (Å²) in [5.41, 5.74) is 1.61. The lowest BCUT2D eigenvalue weighted by molar-refractivity contribution is -0.133. The van der Waals surface area contributed by atoms with Crippen LogP contribution in [0.1, 0.15) is 35.1 Å². The number of hydrogen-bond acceptors (Lipinski definition) is 7. The largest absolute Gasteiger partial charge is 0.457 e. The Kier molecular flexibility index (Phi) is 5.37. The van der Waals surface area contributed by atoms with Crippen molar-refractivity contribution in [1.29, 1.82) is 0 Å². The first-order valence-corrected chi connectivity index (χ1v) is 12.1. The Labute approximate surface area is 202 Å². The summed E-state index contributed by atoms with van der Waals surface area (Å²) in [6, 6.07) is 11.9. The molecule has 2 aliphatic rings. The Balaban J connectivity index is 1.31. The highest BCUT2D eigenvalue weighted by Gasteiger charge is 2.38. The molecule has 0 saturated carbocycles. The van der Waals surface area contributed by atoms with E-state index in [9.17, 15) is 18.0 Å². The first kappa shape index (κ1) is 22.2. The fourth-order valence-corrected chi connectivity index (χ4v) is 5.84. The maximum atomic E-state index is 13.8. The highest BCUT2D eigenvalue weighted by Crippen LogP contribution is 2.46. The summed E-state index contributed by atoms with van der Waals surface area (Å²) in [5, 5.41) is 4.00. The quantitative estimate of drug-likeness (QED) is 0.302. The molecule has 1 aromatic carbocycles. The number of aryl methyl sites for hydroxylation is 1. The van der Waals surface area contributed by atoms with Crippen molar-refractivity contribution >= 4 is 17.6 Å². The number of carbonyl (C=O) groups is 1. The smallest absolute Gasteiger partial charge is 0.426 e. The molecule has 4 heterocycles. The molecule has 3 aromatic heterocycles. The van der Waals surface area contributed by atoms with Gasteiger partial charge in [-0.2, -0.15) is 18.2 Å². The van der Waals surface area contributed by atoms with E-state index in [0.717, 1.165) is 50.0 Å². The van der Waals surface area contributed by atoms with Gasteiger partial charge in [0.2, 0.25) is 5.82 Å². The SMILES string of the molecule is O=CC1CN(C2CCCc3oc(-c4noc(-c5cc(-c6ccccc6)c(C(F)(F)F)s5)n4)cc32)C1. The number of alkyl halides is 3. The fourth-order valence-electron chi connectivity index (χ4n) is 4.87. The van der Waals surface area contributed by atoms with E-state index >= 15 is 0 Å². The normalized spacial score (nSPS) is 18.9. The Morgan fingerprint density at radius 1 is 1.14 bits per heavy atom. The van der Waals surface area contributed by atoms with Crippen molar-refractivity contribution in [2.75, 3.05) is 13.1 Å². The molecule has 10 heteroatoms. The molecule has 1 fully saturated rings. The summed E-state index contributed by atoms with van der Waals surface area (Å²) in [6.07, 6.45) is -0.762. The van der Waals surface area contributed by atoms with Gasteiger partial charge < -0.3 is 13.7 Å². The van der Waals surface area contributed by atoms with E-state index in [1.807, 2.05) is 6.07 Å². The van der Waals surface area contributed by atoms with E-state index in [0.29, 0.717) is 22.7 Å². The standard InChI is InChI=1S/C25H20F3N3O3S/c26-25(27,28)22-16(15-5-2-1-3-6-15)10-21(35-22)24-29-23(30-34-24)20-9-17-18(7-4-8-19(17)33-20)31-11-14(12-31)13-32/h1-3,5-6,9-10,13-14,18H,4,7-8,11-12H2. The first-order valence-electron chi connectivity index (χ1n) is 11.3. The van der Waals surface area contributed by atoms with Crippen LogP contribution < -0.4 is 0 Å². The minimum absolute atomic E-state index is 0.0140. The van der Waals surface area contributed by atoms with Crippen LogP contribution >= 0.6 is 11.3 Å². The molecule has 0 amide bonds. The van der Waals surface area contributed by atoms with Crippen molar-refractivity contribution < 1.29 is 26.9 Å². The molecule has 35 heavy (non-hydrogen) atoms. The van der Waals surface area contributed by atoms with Gasteiger partial charge in [0.25, 0.3) is 5.89 Å². The molecule has 0 radical (unpaired) electrons. The van der Waals surface area contributed by atoms with Gasteiger partial charge in [-0.15, -0.1) is 11.3 Å². The zero-order valence-electron chi connectivity index (χ0n) is 18.4. The number of aldehydes is 1. The van der Waals surface area contributed by atoms with Gasteiger partial charge in [-0.3, -0.25) is 4.90 Å². The van der Waals surface area contributed by atoms with Crippen molar-refractivity contribution in [3.63, 3.8) is 0 Å². The van der Waals surface area contributed by atoms with Crippen LogP contribution in [0.25, 0.3) is 33.5 Å². The lowest BCUT2D eigenvalue weighted by atomic mass is 9.88. The molecule has 0 N–H and O–H groups in total. The van der Waals surface area contributed by atoms with Crippen molar-refractivity contribution in [2.45, 2.75) is 31.5 Å².